The molecular formula is C25H23FN4O2. The van der Waals surface area contributed by atoms with Crippen molar-refractivity contribution in [1.29, 1.82) is 0 Å². The molecule has 162 valence electrons. The highest BCUT2D eigenvalue weighted by molar-refractivity contribution is 6.02. The van der Waals surface area contributed by atoms with E-state index in [1.165, 1.54) is 12.1 Å². The molecule has 0 atom stereocenters. The molecule has 0 aliphatic carbocycles. The largest absolute Gasteiger partial charge is 0.356 e. The van der Waals surface area contributed by atoms with Gasteiger partial charge in [0.25, 0.3) is 0 Å². The molecule has 2 aliphatic heterocycles. The van der Waals surface area contributed by atoms with Crippen molar-refractivity contribution in [2.75, 3.05) is 31.2 Å². The summed E-state index contributed by atoms with van der Waals surface area (Å²) in [5.41, 5.74) is 3.79. The van der Waals surface area contributed by atoms with Crippen molar-refractivity contribution in [3.05, 3.63) is 72.9 Å². The topological polar surface area (TPSA) is 52.4 Å². The standard InChI is InChI=1S/C25H23FN4O2/c26-19-6-8-20(9-7-19)30-16-21(18-4-2-1-3-5-18)22-23(27-17-28-24(22)30)29-12-10-25(11-13-29)31-14-15-32-25/h1-9,16-17H,10-15H2. The van der Waals surface area contributed by atoms with Crippen LogP contribution in [0.1, 0.15) is 12.8 Å². The van der Waals surface area contributed by atoms with Gasteiger partial charge < -0.3 is 18.9 Å². The zero-order chi connectivity index (χ0) is 21.5. The predicted molar refractivity (Wildman–Crippen MR) is 120 cm³/mol. The summed E-state index contributed by atoms with van der Waals surface area (Å²) in [4.78, 5) is 11.6. The Labute approximate surface area is 185 Å². The van der Waals surface area contributed by atoms with Crippen molar-refractivity contribution in [3.8, 4) is 16.8 Å². The van der Waals surface area contributed by atoms with Gasteiger partial charge in [-0.3, -0.25) is 0 Å². The Morgan fingerprint density at radius 3 is 2.31 bits per heavy atom. The number of nitrogens with zero attached hydrogens (tertiary/aromatic N) is 4. The van der Waals surface area contributed by atoms with Crippen molar-refractivity contribution in [2.45, 2.75) is 18.6 Å². The fraction of sp³-hybridized carbons (Fsp3) is 0.280. The lowest BCUT2D eigenvalue weighted by Gasteiger charge is -2.38. The van der Waals surface area contributed by atoms with Gasteiger partial charge >= 0.3 is 0 Å². The third-order valence-electron chi connectivity index (χ3n) is 6.39. The molecule has 2 aliphatic rings. The van der Waals surface area contributed by atoms with Crippen molar-refractivity contribution < 1.29 is 13.9 Å². The number of anilines is 1. The van der Waals surface area contributed by atoms with E-state index in [4.69, 9.17) is 14.5 Å². The molecule has 2 fully saturated rings. The quantitative estimate of drug-likeness (QED) is 0.477. The zero-order valence-corrected chi connectivity index (χ0v) is 17.6. The summed E-state index contributed by atoms with van der Waals surface area (Å²) < 4.78 is 27.4. The second-order valence-corrected chi connectivity index (χ2v) is 8.25. The monoisotopic (exact) mass is 430 g/mol. The number of rotatable bonds is 3. The Morgan fingerprint density at radius 1 is 0.875 bits per heavy atom. The molecule has 0 bridgehead atoms. The number of fused-ring (bicyclic) bond motifs is 1. The molecule has 6 nitrogen and oxygen atoms in total. The number of halogens is 1. The lowest BCUT2D eigenvalue weighted by atomic mass is 10.0. The van der Waals surface area contributed by atoms with E-state index in [1.54, 1.807) is 18.5 Å². The van der Waals surface area contributed by atoms with Crippen LogP contribution in [-0.2, 0) is 9.47 Å². The maximum absolute atomic E-state index is 13.6. The molecule has 0 radical (unpaired) electrons. The van der Waals surface area contributed by atoms with E-state index in [-0.39, 0.29) is 5.82 Å². The van der Waals surface area contributed by atoms with Crippen LogP contribution in [0.15, 0.2) is 67.1 Å². The molecule has 4 heterocycles. The van der Waals surface area contributed by atoms with Crippen LogP contribution in [0, 0.1) is 5.82 Å². The molecule has 6 rings (SSSR count). The first-order chi connectivity index (χ1) is 15.7. The van der Waals surface area contributed by atoms with Crippen molar-refractivity contribution in [1.82, 2.24) is 14.5 Å². The first kappa shape index (κ1) is 19.4. The Balaban J connectivity index is 1.49. The van der Waals surface area contributed by atoms with Gasteiger partial charge in [-0.1, -0.05) is 30.3 Å². The third-order valence-corrected chi connectivity index (χ3v) is 6.39. The van der Waals surface area contributed by atoms with E-state index in [0.29, 0.717) is 13.2 Å². The predicted octanol–water partition coefficient (Wildman–Crippen LogP) is 4.57. The maximum atomic E-state index is 13.6. The second-order valence-electron chi connectivity index (χ2n) is 8.25. The number of aromatic nitrogens is 3. The van der Waals surface area contributed by atoms with Gasteiger partial charge in [-0.2, -0.15) is 0 Å². The summed E-state index contributed by atoms with van der Waals surface area (Å²) in [5, 5.41) is 0.993. The van der Waals surface area contributed by atoms with E-state index in [9.17, 15) is 4.39 Å². The van der Waals surface area contributed by atoms with E-state index in [1.807, 2.05) is 22.8 Å². The van der Waals surface area contributed by atoms with Crippen LogP contribution in [0.5, 0.6) is 0 Å². The minimum Gasteiger partial charge on any atom is -0.356 e. The Kier molecular flexibility index (Phi) is 4.66. The van der Waals surface area contributed by atoms with Crippen LogP contribution in [0.4, 0.5) is 10.2 Å². The summed E-state index contributed by atoms with van der Waals surface area (Å²) in [7, 11) is 0. The first-order valence-electron chi connectivity index (χ1n) is 10.9. The highest BCUT2D eigenvalue weighted by atomic mass is 19.1. The zero-order valence-electron chi connectivity index (χ0n) is 17.6. The smallest absolute Gasteiger partial charge is 0.171 e. The molecule has 0 N–H and O–H groups in total. The first-order valence-corrected chi connectivity index (χ1v) is 10.9. The molecule has 0 saturated carbocycles. The van der Waals surface area contributed by atoms with Crippen LogP contribution in [0.25, 0.3) is 27.8 Å². The number of ether oxygens (including phenoxy) is 2. The van der Waals surface area contributed by atoms with Gasteiger partial charge in [0.2, 0.25) is 0 Å². The van der Waals surface area contributed by atoms with E-state index < -0.39 is 5.79 Å². The molecular weight excluding hydrogens is 407 g/mol. The Morgan fingerprint density at radius 2 is 1.59 bits per heavy atom. The fourth-order valence-corrected chi connectivity index (χ4v) is 4.77. The van der Waals surface area contributed by atoms with Gasteiger partial charge in [-0.25, -0.2) is 14.4 Å². The molecule has 32 heavy (non-hydrogen) atoms. The molecule has 0 unspecified atom stereocenters. The van der Waals surface area contributed by atoms with Gasteiger partial charge in [0.05, 0.1) is 18.6 Å². The van der Waals surface area contributed by atoms with Crippen LogP contribution >= 0.6 is 0 Å². The highest BCUT2D eigenvalue weighted by Crippen LogP contribution is 2.39. The summed E-state index contributed by atoms with van der Waals surface area (Å²) in [6.07, 6.45) is 5.29. The van der Waals surface area contributed by atoms with E-state index in [0.717, 1.165) is 59.6 Å². The minimum atomic E-state index is -0.440. The van der Waals surface area contributed by atoms with Crippen LogP contribution in [0.3, 0.4) is 0 Å². The van der Waals surface area contributed by atoms with Crippen molar-refractivity contribution in [3.63, 3.8) is 0 Å². The summed E-state index contributed by atoms with van der Waals surface area (Å²) in [6, 6.07) is 16.7. The molecule has 4 aromatic rings. The molecule has 1 spiro atoms. The van der Waals surface area contributed by atoms with E-state index in [2.05, 4.69) is 28.2 Å². The van der Waals surface area contributed by atoms with Gasteiger partial charge in [0, 0.05) is 43.4 Å². The lowest BCUT2D eigenvalue weighted by Crippen LogP contribution is -2.45. The number of piperidine rings is 1. The Hall–Kier alpha value is -3.29. The van der Waals surface area contributed by atoms with Crippen LogP contribution in [0.2, 0.25) is 0 Å². The third kappa shape index (κ3) is 3.25. The summed E-state index contributed by atoms with van der Waals surface area (Å²) in [5.74, 6) is 0.204. The minimum absolute atomic E-state index is 0.262. The van der Waals surface area contributed by atoms with Gasteiger partial charge in [0.1, 0.15) is 18.0 Å². The second kappa shape index (κ2) is 7.69. The fourth-order valence-electron chi connectivity index (χ4n) is 4.77. The normalized spacial score (nSPS) is 18.0. The van der Waals surface area contributed by atoms with Crippen LogP contribution < -0.4 is 4.90 Å². The number of hydrogen-bond donors (Lipinski definition) is 0. The highest BCUT2D eigenvalue weighted by Gasteiger charge is 2.40. The average Bonchev–Trinajstić information content (AvgIpc) is 3.46. The van der Waals surface area contributed by atoms with Gasteiger partial charge in [-0.15, -0.1) is 0 Å². The SMILES string of the molecule is Fc1ccc(-n2cc(-c3ccccc3)c3c(N4CCC5(CC4)OCCO5)ncnc32)cc1. The van der Waals surface area contributed by atoms with Gasteiger partial charge in [-0.05, 0) is 29.8 Å². The van der Waals surface area contributed by atoms with E-state index >= 15 is 0 Å². The molecule has 2 saturated heterocycles. The maximum Gasteiger partial charge on any atom is 0.171 e. The molecule has 2 aromatic heterocycles. The lowest BCUT2D eigenvalue weighted by molar-refractivity contribution is -0.169. The number of hydrogen-bond acceptors (Lipinski definition) is 5. The van der Waals surface area contributed by atoms with Gasteiger partial charge in [0.15, 0.2) is 11.4 Å². The Bertz CT molecular complexity index is 1240. The van der Waals surface area contributed by atoms with Crippen LogP contribution in [-0.4, -0.2) is 46.6 Å². The summed E-state index contributed by atoms with van der Waals surface area (Å²) >= 11 is 0. The summed E-state index contributed by atoms with van der Waals surface area (Å²) in [6.45, 7) is 2.91. The van der Waals surface area contributed by atoms with Crippen molar-refractivity contribution >= 4 is 16.9 Å². The average molecular weight is 430 g/mol. The molecule has 7 heteroatoms. The molecule has 2 aromatic carbocycles. The van der Waals surface area contributed by atoms with Crippen molar-refractivity contribution in [2.24, 2.45) is 0 Å². The number of benzene rings is 2. The molecule has 0 amide bonds.